The van der Waals surface area contributed by atoms with Crippen LogP contribution in [0.25, 0.3) is 0 Å². The van der Waals surface area contributed by atoms with Crippen molar-refractivity contribution in [1.29, 1.82) is 0 Å². The Morgan fingerprint density at radius 1 is 1.12 bits per heavy atom. The number of ether oxygens (including phenoxy) is 1. The largest absolute Gasteiger partial charge is 0.496 e. The summed E-state index contributed by atoms with van der Waals surface area (Å²) in [6.07, 6.45) is 0. The molecule has 0 bridgehead atoms. The van der Waals surface area contributed by atoms with Gasteiger partial charge in [0.1, 0.15) is 5.75 Å². The minimum atomic E-state index is -3.59. The van der Waals surface area contributed by atoms with Crippen LogP contribution in [0.15, 0.2) is 17.0 Å². The van der Waals surface area contributed by atoms with Crippen molar-refractivity contribution in [2.24, 2.45) is 0 Å². The molecule has 0 aliphatic carbocycles. The topological polar surface area (TPSA) is 79.0 Å². The number of carbonyl (C=O) groups excluding carboxylic acids is 1. The predicted molar refractivity (Wildman–Crippen MR) is 96.5 cm³/mol. The predicted octanol–water partition coefficient (Wildman–Crippen LogP) is 1.74. The van der Waals surface area contributed by atoms with Crippen LogP contribution >= 0.6 is 0 Å². The average molecular weight is 369 g/mol. The van der Waals surface area contributed by atoms with Gasteiger partial charge in [-0.1, -0.05) is 0 Å². The zero-order chi connectivity index (χ0) is 18.8. The number of amides is 2. The van der Waals surface area contributed by atoms with Gasteiger partial charge in [-0.25, -0.2) is 13.2 Å². The minimum Gasteiger partial charge on any atom is -0.496 e. The summed E-state index contributed by atoms with van der Waals surface area (Å²) in [4.78, 5) is 14.0. The Bertz CT molecular complexity index is 739. The van der Waals surface area contributed by atoms with Gasteiger partial charge in [0.15, 0.2) is 0 Å². The van der Waals surface area contributed by atoms with E-state index in [-0.39, 0.29) is 12.1 Å². The lowest BCUT2D eigenvalue weighted by Gasteiger charge is -2.34. The lowest BCUT2D eigenvalue weighted by molar-refractivity contribution is 0.170. The summed E-state index contributed by atoms with van der Waals surface area (Å²) in [5.74, 6) is 0.673. The van der Waals surface area contributed by atoms with Crippen molar-refractivity contribution in [1.82, 2.24) is 14.5 Å². The Morgan fingerprint density at radius 2 is 1.72 bits per heavy atom. The summed E-state index contributed by atoms with van der Waals surface area (Å²) >= 11 is 0. The fraction of sp³-hybridized carbons (Fsp3) is 0.588. The molecule has 7 nitrogen and oxygen atoms in total. The maximum atomic E-state index is 13.0. The summed E-state index contributed by atoms with van der Waals surface area (Å²) in [7, 11) is -2.03. The maximum absolute atomic E-state index is 13.0. The highest BCUT2D eigenvalue weighted by Crippen LogP contribution is 2.29. The van der Waals surface area contributed by atoms with Gasteiger partial charge < -0.3 is 15.0 Å². The van der Waals surface area contributed by atoms with E-state index < -0.39 is 10.0 Å². The number of benzene rings is 1. The van der Waals surface area contributed by atoms with Crippen molar-refractivity contribution in [3.05, 3.63) is 23.3 Å². The molecule has 2 rings (SSSR count). The number of urea groups is 1. The van der Waals surface area contributed by atoms with E-state index >= 15 is 0 Å². The van der Waals surface area contributed by atoms with Crippen LogP contribution in [0.3, 0.4) is 0 Å². The van der Waals surface area contributed by atoms with E-state index in [4.69, 9.17) is 4.74 Å². The van der Waals surface area contributed by atoms with Crippen LogP contribution in [-0.4, -0.2) is 63.0 Å². The van der Waals surface area contributed by atoms with Crippen LogP contribution in [0.5, 0.6) is 5.75 Å². The average Bonchev–Trinajstić information content (AvgIpc) is 2.56. The molecule has 1 N–H and O–H groups in total. The molecule has 1 saturated heterocycles. The molecule has 0 atom stereocenters. The standard InChI is InChI=1S/C17H27N3O4S/c1-12(2)18-17(21)19-8-10-20(11-9-19)25(22,23)16-7-6-15(24-5)13(3)14(16)4/h6-7,12H,8-11H2,1-5H3,(H,18,21). The van der Waals surface area contributed by atoms with Crippen molar-refractivity contribution >= 4 is 16.1 Å². The van der Waals surface area contributed by atoms with Crippen molar-refractivity contribution < 1.29 is 17.9 Å². The molecular formula is C17H27N3O4S. The molecule has 1 aliphatic heterocycles. The van der Waals surface area contributed by atoms with E-state index in [1.54, 1.807) is 31.1 Å². The summed E-state index contributed by atoms with van der Waals surface area (Å²) in [6, 6.07) is 3.18. The van der Waals surface area contributed by atoms with Gasteiger partial charge >= 0.3 is 6.03 Å². The van der Waals surface area contributed by atoms with Gasteiger partial charge in [0.05, 0.1) is 12.0 Å². The normalized spacial score (nSPS) is 16.2. The quantitative estimate of drug-likeness (QED) is 0.877. The zero-order valence-corrected chi connectivity index (χ0v) is 16.3. The van der Waals surface area contributed by atoms with Crippen molar-refractivity contribution in [2.75, 3.05) is 33.3 Å². The number of nitrogens with one attached hydrogen (secondary N) is 1. The third kappa shape index (κ3) is 4.07. The highest BCUT2D eigenvalue weighted by molar-refractivity contribution is 7.89. The number of sulfonamides is 1. The fourth-order valence-electron chi connectivity index (χ4n) is 2.88. The first kappa shape index (κ1) is 19.5. The number of hydrogen-bond donors (Lipinski definition) is 1. The van der Waals surface area contributed by atoms with Crippen LogP contribution in [0.2, 0.25) is 0 Å². The third-order valence-corrected chi connectivity index (χ3v) is 6.51. The summed E-state index contributed by atoms with van der Waals surface area (Å²) in [6.45, 7) is 8.77. The van der Waals surface area contributed by atoms with Crippen molar-refractivity contribution in [2.45, 2.75) is 38.6 Å². The Kier molecular flexibility index (Phi) is 5.95. The molecule has 1 aliphatic rings. The van der Waals surface area contributed by atoms with E-state index in [0.29, 0.717) is 42.4 Å². The monoisotopic (exact) mass is 369 g/mol. The van der Waals surface area contributed by atoms with E-state index in [2.05, 4.69) is 5.32 Å². The smallest absolute Gasteiger partial charge is 0.317 e. The number of piperazine rings is 1. The van der Waals surface area contributed by atoms with Gasteiger partial charge in [-0.2, -0.15) is 4.31 Å². The van der Waals surface area contributed by atoms with E-state index in [0.717, 1.165) is 5.56 Å². The van der Waals surface area contributed by atoms with Crippen LogP contribution in [0, 0.1) is 13.8 Å². The van der Waals surface area contributed by atoms with Gasteiger partial charge in [0.25, 0.3) is 0 Å². The fourth-order valence-corrected chi connectivity index (χ4v) is 4.58. The Labute approximate surface area is 150 Å². The van der Waals surface area contributed by atoms with Crippen molar-refractivity contribution in [3.8, 4) is 5.75 Å². The molecule has 1 fully saturated rings. The molecule has 0 unspecified atom stereocenters. The Morgan fingerprint density at radius 3 is 2.24 bits per heavy atom. The maximum Gasteiger partial charge on any atom is 0.317 e. The summed E-state index contributed by atoms with van der Waals surface area (Å²) < 4.78 is 32.7. The second kappa shape index (κ2) is 7.61. The molecule has 2 amide bonds. The highest BCUT2D eigenvalue weighted by atomic mass is 32.2. The lowest BCUT2D eigenvalue weighted by atomic mass is 10.1. The van der Waals surface area contributed by atoms with E-state index in [9.17, 15) is 13.2 Å². The molecule has 0 aromatic heterocycles. The minimum absolute atomic E-state index is 0.0548. The number of rotatable bonds is 4. The molecule has 25 heavy (non-hydrogen) atoms. The summed E-state index contributed by atoms with van der Waals surface area (Å²) in [5, 5.41) is 2.83. The molecular weight excluding hydrogens is 342 g/mol. The number of nitrogens with zero attached hydrogens (tertiary/aromatic N) is 2. The van der Waals surface area contributed by atoms with Gasteiger partial charge in [0, 0.05) is 32.2 Å². The Balaban J connectivity index is 2.15. The Hall–Kier alpha value is -1.80. The van der Waals surface area contributed by atoms with Gasteiger partial charge in [-0.05, 0) is 51.0 Å². The first-order valence-corrected chi connectivity index (χ1v) is 9.82. The summed E-state index contributed by atoms with van der Waals surface area (Å²) in [5.41, 5.74) is 1.51. The van der Waals surface area contributed by atoms with E-state index in [1.165, 1.54) is 4.31 Å². The van der Waals surface area contributed by atoms with Gasteiger partial charge in [-0.15, -0.1) is 0 Å². The second-order valence-corrected chi connectivity index (χ2v) is 8.42. The van der Waals surface area contributed by atoms with E-state index in [1.807, 2.05) is 20.8 Å². The molecule has 1 aromatic carbocycles. The van der Waals surface area contributed by atoms with Crippen LogP contribution in [-0.2, 0) is 10.0 Å². The van der Waals surface area contributed by atoms with Gasteiger partial charge in [-0.3, -0.25) is 0 Å². The SMILES string of the molecule is COc1ccc(S(=O)(=O)N2CCN(C(=O)NC(C)C)CC2)c(C)c1C. The van der Waals surface area contributed by atoms with Crippen LogP contribution in [0.4, 0.5) is 4.79 Å². The number of hydrogen-bond acceptors (Lipinski definition) is 4. The molecule has 1 heterocycles. The first-order chi connectivity index (χ1) is 11.7. The molecule has 140 valence electrons. The van der Waals surface area contributed by atoms with Crippen LogP contribution in [0.1, 0.15) is 25.0 Å². The van der Waals surface area contributed by atoms with Crippen molar-refractivity contribution in [3.63, 3.8) is 0 Å². The highest BCUT2D eigenvalue weighted by Gasteiger charge is 2.31. The first-order valence-electron chi connectivity index (χ1n) is 8.38. The molecule has 1 aromatic rings. The second-order valence-electron chi connectivity index (χ2n) is 6.51. The van der Waals surface area contributed by atoms with Crippen LogP contribution < -0.4 is 10.1 Å². The number of carbonyl (C=O) groups is 1. The molecule has 8 heteroatoms. The zero-order valence-electron chi connectivity index (χ0n) is 15.5. The molecule has 0 radical (unpaired) electrons. The lowest BCUT2D eigenvalue weighted by Crippen LogP contribution is -2.54. The molecule has 0 spiro atoms. The number of methoxy groups -OCH3 is 1. The third-order valence-electron chi connectivity index (χ3n) is 4.46. The molecule has 0 saturated carbocycles. The van der Waals surface area contributed by atoms with Gasteiger partial charge in [0.2, 0.25) is 10.0 Å².